The van der Waals surface area contributed by atoms with E-state index in [4.69, 9.17) is 4.74 Å². The van der Waals surface area contributed by atoms with Crippen LogP contribution in [0.2, 0.25) is 0 Å². The number of allylic oxidation sites excluding steroid dienone is 1. The van der Waals surface area contributed by atoms with Gasteiger partial charge < -0.3 is 24.4 Å². The van der Waals surface area contributed by atoms with E-state index in [2.05, 4.69) is 15.3 Å². The Morgan fingerprint density at radius 2 is 1.80 bits per heavy atom. The summed E-state index contributed by atoms with van der Waals surface area (Å²) in [4.78, 5) is 62.0. The van der Waals surface area contributed by atoms with Gasteiger partial charge in [-0.25, -0.2) is 19.2 Å². The fraction of sp³-hybridized carbons (Fsp3) is 0.290. The molecule has 0 saturated carbocycles. The number of benzene rings is 2. The van der Waals surface area contributed by atoms with Gasteiger partial charge in [-0.3, -0.25) is 19.0 Å². The molecule has 1 unspecified atom stereocenters. The first-order valence-corrected chi connectivity index (χ1v) is 13.8. The van der Waals surface area contributed by atoms with E-state index in [0.717, 1.165) is 5.56 Å². The molecule has 1 atom stereocenters. The molecule has 0 aliphatic carbocycles. The molecule has 4 aromatic rings. The van der Waals surface area contributed by atoms with E-state index >= 15 is 0 Å². The van der Waals surface area contributed by atoms with Crippen molar-refractivity contribution in [3.8, 4) is 0 Å². The number of hydrogen-bond acceptors (Lipinski definition) is 7. The highest BCUT2D eigenvalue weighted by Crippen LogP contribution is 2.20. The molecule has 0 aliphatic heterocycles. The van der Waals surface area contributed by atoms with Crippen molar-refractivity contribution >= 4 is 34.6 Å². The molecule has 230 valence electrons. The fourth-order valence-corrected chi connectivity index (χ4v) is 4.28. The Balaban J connectivity index is 1.57. The molecule has 0 spiro atoms. The zero-order valence-electron chi connectivity index (χ0n) is 24.9. The van der Waals surface area contributed by atoms with Gasteiger partial charge in [-0.05, 0) is 36.6 Å². The van der Waals surface area contributed by atoms with Crippen LogP contribution in [0.3, 0.4) is 0 Å². The van der Waals surface area contributed by atoms with Crippen LogP contribution in [0.4, 0.5) is 14.9 Å². The van der Waals surface area contributed by atoms with Crippen LogP contribution in [0.1, 0.15) is 24.2 Å². The number of carbonyl (C=O) groups is 3. The van der Waals surface area contributed by atoms with Crippen molar-refractivity contribution in [1.82, 2.24) is 28.9 Å². The predicted molar refractivity (Wildman–Crippen MR) is 162 cm³/mol. The molecule has 12 nitrogen and oxygen atoms in total. The predicted octanol–water partition coefficient (Wildman–Crippen LogP) is 3.26. The molecular weight excluding hydrogens is 569 g/mol. The number of aromatic nitrogens is 4. The number of imidazole rings is 1. The Hall–Kier alpha value is -5.33. The second kappa shape index (κ2) is 14.2. The maximum absolute atomic E-state index is 14.0. The number of rotatable bonds is 11. The number of ether oxygens (including phenoxy) is 1. The van der Waals surface area contributed by atoms with Crippen LogP contribution < -0.4 is 10.9 Å². The van der Waals surface area contributed by atoms with Crippen molar-refractivity contribution in [2.45, 2.75) is 32.0 Å². The third-order valence-electron chi connectivity index (χ3n) is 6.64. The third-order valence-corrected chi connectivity index (χ3v) is 6.64. The summed E-state index contributed by atoms with van der Waals surface area (Å²) in [5, 5.41) is 2.53. The lowest BCUT2D eigenvalue weighted by Gasteiger charge is -2.19. The third kappa shape index (κ3) is 7.94. The summed E-state index contributed by atoms with van der Waals surface area (Å²) < 4.78 is 22.5. The van der Waals surface area contributed by atoms with E-state index in [0.29, 0.717) is 23.4 Å². The zero-order chi connectivity index (χ0) is 31.8. The minimum atomic E-state index is -1.25. The lowest BCUT2D eigenvalue weighted by atomic mass is 10.1. The molecule has 0 saturated heterocycles. The first kappa shape index (κ1) is 31.6. The van der Waals surface area contributed by atoms with Gasteiger partial charge in [0, 0.05) is 40.8 Å². The smallest absolute Gasteiger partial charge is 0.410 e. The molecule has 0 bridgehead atoms. The average Bonchev–Trinajstić information content (AvgIpc) is 3.31. The van der Waals surface area contributed by atoms with Crippen molar-refractivity contribution in [2.24, 2.45) is 0 Å². The molecule has 4 rings (SSSR count). The molecule has 0 radical (unpaired) electrons. The van der Waals surface area contributed by atoms with Gasteiger partial charge in [0.05, 0.1) is 30.1 Å². The van der Waals surface area contributed by atoms with Crippen molar-refractivity contribution in [1.29, 1.82) is 0 Å². The highest BCUT2D eigenvalue weighted by molar-refractivity contribution is 5.95. The summed E-state index contributed by atoms with van der Waals surface area (Å²) in [6.07, 6.45) is 3.81. The first-order valence-electron chi connectivity index (χ1n) is 13.8. The topological polar surface area (TPSA) is 132 Å². The molecule has 2 aromatic carbocycles. The van der Waals surface area contributed by atoms with Gasteiger partial charge in [-0.15, -0.1) is 0 Å². The van der Waals surface area contributed by atoms with Gasteiger partial charge in [0.2, 0.25) is 5.91 Å². The van der Waals surface area contributed by atoms with Gasteiger partial charge >= 0.3 is 6.09 Å². The maximum atomic E-state index is 14.0. The van der Waals surface area contributed by atoms with Gasteiger partial charge in [0.25, 0.3) is 11.5 Å². The number of nitrogens with zero attached hydrogens (tertiary/aromatic N) is 6. The second-order valence-electron chi connectivity index (χ2n) is 10.4. The van der Waals surface area contributed by atoms with Crippen molar-refractivity contribution in [3.63, 3.8) is 0 Å². The summed E-state index contributed by atoms with van der Waals surface area (Å²) in [7, 11) is 6.18. The van der Waals surface area contributed by atoms with Crippen LogP contribution in [-0.2, 0) is 27.4 Å². The molecule has 0 aliphatic rings. The fourth-order valence-electron chi connectivity index (χ4n) is 4.28. The monoisotopic (exact) mass is 603 g/mol. The van der Waals surface area contributed by atoms with E-state index in [1.54, 1.807) is 26.2 Å². The zero-order valence-corrected chi connectivity index (χ0v) is 24.9. The minimum absolute atomic E-state index is 0.0115. The van der Waals surface area contributed by atoms with Crippen LogP contribution in [0.25, 0.3) is 11.0 Å². The number of nitrogens with one attached hydrogen (secondary N) is 1. The number of anilines is 1. The SMILES string of the molecule is CN(C)C(=O)/C=C/CCC(OC(=O)N(C)C)C(=O)Nc1cncn(Cc2nc3cc(F)ccc3n2Cc2ccccc2)c1=O. The summed E-state index contributed by atoms with van der Waals surface area (Å²) in [5.74, 6) is -0.898. The molecule has 1 N–H and O–H groups in total. The highest BCUT2D eigenvalue weighted by Gasteiger charge is 2.25. The van der Waals surface area contributed by atoms with E-state index in [1.165, 1.54) is 59.2 Å². The quantitative estimate of drug-likeness (QED) is 0.260. The van der Waals surface area contributed by atoms with E-state index in [1.807, 2.05) is 34.9 Å². The normalized spacial score (nSPS) is 11.8. The van der Waals surface area contributed by atoms with Crippen LogP contribution >= 0.6 is 0 Å². The molecule has 2 aromatic heterocycles. The van der Waals surface area contributed by atoms with Crippen LogP contribution in [0, 0.1) is 5.82 Å². The van der Waals surface area contributed by atoms with Gasteiger partial charge in [0.15, 0.2) is 6.10 Å². The Bertz CT molecular complexity index is 1730. The minimum Gasteiger partial charge on any atom is -0.436 e. The van der Waals surface area contributed by atoms with E-state index < -0.39 is 29.5 Å². The Labute approximate surface area is 253 Å². The number of likely N-dealkylation sites (N-methyl/N-ethyl adjacent to an activating group) is 1. The molecular formula is C31H34FN7O5. The standard InChI is InChI=1S/C31H34FN7O5/c1-36(2)28(40)13-9-8-12-26(44-31(43)37(3)4)29(41)35-24-17-33-20-38(30(24)42)19-27-34-23-16-22(32)14-15-25(23)39(27)18-21-10-6-5-7-11-21/h5-7,9-11,13-17,20,26H,8,12,18-19H2,1-4H3,(H,35,41)/b13-9+. The van der Waals surface area contributed by atoms with Crippen LogP contribution in [-0.4, -0.2) is 81.1 Å². The van der Waals surface area contributed by atoms with E-state index in [-0.39, 0.29) is 31.0 Å². The Morgan fingerprint density at radius 1 is 1.05 bits per heavy atom. The second-order valence-corrected chi connectivity index (χ2v) is 10.4. The van der Waals surface area contributed by atoms with Crippen LogP contribution in [0.5, 0.6) is 0 Å². The molecule has 44 heavy (non-hydrogen) atoms. The van der Waals surface area contributed by atoms with Crippen molar-refractivity contribution in [2.75, 3.05) is 33.5 Å². The average molecular weight is 604 g/mol. The molecule has 0 fully saturated rings. The number of carbonyl (C=O) groups excluding carboxylic acids is 3. The Morgan fingerprint density at radius 3 is 2.50 bits per heavy atom. The summed E-state index contributed by atoms with van der Waals surface area (Å²) in [6.45, 7) is 0.423. The number of halogens is 1. The maximum Gasteiger partial charge on any atom is 0.410 e. The van der Waals surface area contributed by atoms with Gasteiger partial charge in [-0.2, -0.15) is 0 Å². The van der Waals surface area contributed by atoms with Crippen molar-refractivity contribution < 1.29 is 23.5 Å². The number of amides is 3. The lowest BCUT2D eigenvalue weighted by Crippen LogP contribution is -2.37. The van der Waals surface area contributed by atoms with Gasteiger partial charge in [0.1, 0.15) is 17.3 Å². The summed E-state index contributed by atoms with van der Waals surface area (Å²) in [6, 6.07) is 14.0. The Kier molecular flexibility index (Phi) is 10.2. The summed E-state index contributed by atoms with van der Waals surface area (Å²) >= 11 is 0. The van der Waals surface area contributed by atoms with Crippen LogP contribution in [0.15, 0.2) is 78.0 Å². The molecule has 3 amide bonds. The first-order chi connectivity index (χ1) is 21.0. The largest absolute Gasteiger partial charge is 0.436 e. The summed E-state index contributed by atoms with van der Waals surface area (Å²) in [5.41, 5.74) is 1.43. The van der Waals surface area contributed by atoms with E-state index in [9.17, 15) is 23.6 Å². The molecule has 2 heterocycles. The number of fused-ring (bicyclic) bond motifs is 1. The van der Waals surface area contributed by atoms with Gasteiger partial charge in [-0.1, -0.05) is 36.4 Å². The lowest BCUT2D eigenvalue weighted by molar-refractivity contribution is -0.125. The number of hydrogen-bond donors (Lipinski definition) is 1. The highest BCUT2D eigenvalue weighted by atomic mass is 19.1. The molecule has 13 heteroatoms. The van der Waals surface area contributed by atoms with Crippen molar-refractivity contribution in [3.05, 3.63) is 101 Å².